The molecule has 6 rings (SSSR count). The number of terminal acetylenes is 1. The number of hydroxylamine groups is 2. The molecule has 0 aromatic heterocycles. The van der Waals surface area contributed by atoms with Crippen molar-refractivity contribution in [3.05, 3.63) is 140 Å². The molecule has 2 heterocycles. The highest BCUT2D eigenvalue weighted by molar-refractivity contribution is 9.10. The molecule has 0 saturated carbocycles. The third-order valence-electron chi connectivity index (χ3n) is 8.74. The van der Waals surface area contributed by atoms with Gasteiger partial charge in [-0.25, -0.2) is 14.7 Å². The lowest BCUT2D eigenvalue weighted by Gasteiger charge is -2.26. The molecule has 0 unspecified atom stereocenters. The van der Waals surface area contributed by atoms with Gasteiger partial charge in [0.05, 0.1) is 7.11 Å². The predicted molar refractivity (Wildman–Crippen MR) is 221 cm³/mol. The molecule has 3 amide bonds. The van der Waals surface area contributed by atoms with Crippen LogP contribution in [-0.4, -0.2) is 78.1 Å². The number of benzene rings is 4. The minimum absolute atomic E-state index is 0.196. The Bertz CT molecular complexity index is 1990. The molecule has 0 spiro atoms. The number of carbonyl (C=O) groups excluding carboxylic acids is 4. The van der Waals surface area contributed by atoms with E-state index in [0.29, 0.717) is 25.9 Å². The SMILES string of the molecule is C#Cc1ccc(Br)cc1.CON(C)C(=O)[C@@H]1CCCN1C(=O)OCc1ccccc1.O=C(C#Cc1ccc(Br)cc1)[C@@H]1CCCN1C(=O)OCc1ccccc1. The van der Waals surface area contributed by atoms with Crippen molar-refractivity contribution in [2.24, 2.45) is 0 Å². The van der Waals surface area contributed by atoms with Gasteiger partial charge in [-0.3, -0.25) is 24.2 Å². The Balaban J connectivity index is 0.000000207. The summed E-state index contributed by atoms with van der Waals surface area (Å²) in [6.07, 6.45) is 7.02. The van der Waals surface area contributed by atoms with Crippen molar-refractivity contribution in [2.45, 2.75) is 51.0 Å². The predicted octanol–water partition coefficient (Wildman–Crippen LogP) is 8.41. The van der Waals surface area contributed by atoms with Gasteiger partial charge in [-0.05, 0) is 91.3 Å². The lowest BCUT2D eigenvalue weighted by Crippen LogP contribution is -2.46. The maximum Gasteiger partial charge on any atom is 0.410 e. The van der Waals surface area contributed by atoms with E-state index in [1.807, 2.05) is 109 Å². The summed E-state index contributed by atoms with van der Waals surface area (Å²) < 4.78 is 12.6. The Morgan fingerprint density at radius 1 is 0.696 bits per heavy atom. The number of Topliss-reactive ketones (excluding diaryl/α,β-unsaturated/α-hetero) is 1. The molecule has 2 aliphatic heterocycles. The second-order valence-corrected chi connectivity index (χ2v) is 14.4. The van der Waals surface area contributed by atoms with E-state index in [2.05, 4.69) is 49.6 Å². The van der Waals surface area contributed by atoms with Crippen LogP contribution in [0.3, 0.4) is 0 Å². The summed E-state index contributed by atoms with van der Waals surface area (Å²) in [5.41, 5.74) is 3.51. The minimum atomic E-state index is -0.527. The van der Waals surface area contributed by atoms with Gasteiger partial charge in [0, 0.05) is 40.2 Å². The first-order chi connectivity index (χ1) is 27.1. The van der Waals surface area contributed by atoms with Crippen LogP contribution in [0.2, 0.25) is 0 Å². The molecule has 2 atom stereocenters. The van der Waals surface area contributed by atoms with Crippen molar-refractivity contribution in [2.75, 3.05) is 27.2 Å². The molecular weight excluding hydrogens is 842 g/mol. The van der Waals surface area contributed by atoms with Crippen molar-refractivity contribution in [3.8, 4) is 24.2 Å². The molecular formula is C44H43Br2N3O7. The van der Waals surface area contributed by atoms with Gasteiger partial charge < -0.3 is 9.47 Å². The fourth-order valence-corrected chi connectivity index (χ4v) is 6.23. The normalized spacial score (nSPS) is 15.3. The lowest BCUT2D eigenvalue weighted by atomic mass is 10.1. The quantitative estimate of drug-likeness (QED) is 0.136. The number of amides is 3. The highest BCUT2D eigenvalue weighted by Crippen LogP contribution is 2.22. The summed E-state index contributed by atoms with van der Waals surface area (Å²) in [6, 6.07) is 33.0. The number of hydrogen-bond acceptors (Lipinski definition) is 7. The number of nitrogens with zero attached hydrogens (tertiary/aromatic N) is 3. The average molecular weight is 886 g/mol. The van der Waals surface area contributed by atoms with E-state index < -0.39 is 24.3 Å². The van der Waals surface area contributed by atoms with Gasteiger partial charge in [0.1, 0.15) is 25.3 Å². The van der Waals surface area contributed by atoms with Crippen molar-refractivity contribution in [3.63, 3.8) is 0 Å². The van der Waals surface area contributed by atoms with E-state index in [1.54, 1.807) is 0 Å². The largest absolute Gasteiger partial charge is 0.445 e. The van der Waals surface area contributed by atoms with Crippen LogP contribution in [0.4, 0.5) is 9.59 Å². The van der Waals surface area contributed by atoms with Crippen LogP contribution >= 0.6 is 31.9 Å². The summed E-state index contributed by atoms with van der Waals surface area (Å²) in [5.74, 6) is 7.59. The first-order valence-corrected chi connectivity index (χ1v) is 19.5. The summed E-state index contributed by atoms with van der Waals surface area (Å²) in [6.45, 7) is 1.45. The highest BCUT2D eigenvalue weighted by atomic mass is 79.9. The molecule has 0 bridgehead atoms. The van der Waals surface area contributed by atoms with Gasteiger partial charge >= 0.3 is 12.2 Å². The summed E-state index contributed by atoms with van der Waals surface area (Å²) in [4.78, 5) is 56.9. The Hall–Kier alpha value is -5.40. The van der Waals surface area contributed by atoms with Gasteiger partial charge in [-0.15, -0.1) is 6.42 Å². The molecule has 10 nitrogen and oxygen atoms in total. The fraction of sp³-hybridized carbons (Fsp3) is 0.273. The lowest BCUT2D eigenvalue weighted by molar-refractivity contribution is -0.173. The molecule has 56 heavy (non-hydrogen) atoms. The van der Waals surface area contributed by atoms with Crippen molar-refractivity contribution in [1.82, 2.24) is 14.9 Å². The van der Waals surface area contributed by atoms with Crippen LogP contribution in [0.5, 0.6) is 0 Å². The zero-order chi connectivity index (χ0) is 40.3. The Morgan fingerprint density at radius 2 is 1.14 bits per heavy atom. The second kappa shape index (κ2) is 22.9. The van der Waals surface area contributed by atoms with Crippen LogP contribution < -0.4 is 0 Å². The topological polar surface area (TPSA) is 106 Å². The molecule has 2 saturated heterocycles. The van der Waals surface area contributed by atoms with E-state index in [0.717, 1.165) is 49.1 Å². The molecule has 2 fully saturated rings. The number of likely N-dealkylation sites (tertiary alicyclic amines) is 2. The van der Waals surface area contributed by atoms with E-state index in [-0.39, 0.29) is 24.9 Å². The third kappa shape index (κ3) is 13.7. The van der Waals surface area contributed by atoms with Gasteiger partial charge in [0.25, 0.3) is 5.91 Å². The number of ketones is 1. The Labute approximate surface area is 345 Å². The molecule has 2 aliphatic rings. The van der Waals surface area contributed by atoms with E-state index in [9.17, 15) is 19.2 Å². The van der Waals surface area contributed by atoms with Gasteiger partial charge in [-0.1, -0.05) is 104 Å². The molecule has 0 N–H and O–H groups in total. The molecule has 0 aliphatic carbocycles. The maximum atomic E-state index is 12.4. The zero-order valence-electron chi connectivity index (χ0n) is 31.2. The minimum Gasteiger partial charge on any atom is -0.445 e. The van der Waals surface area contributed by atoms with Crippen LogP contribution in [-0.2, 0) is 37.1 Å². The van der Waals surface area contributed by atoms with Crippen LogP contribution in [0.25, 0.3) is 0 Å². The highest BCUT2D eigenvalue weighted by Gasteiger charge is 2.37. The van der Waals surface area contributed by atoms with E-state index in [1.165, 1.54) is 24.0 Å². The summed E-state index contributed by atoms with van der Waals surface area (Å²) in [5, 5.41) is 1.15. The van der Waals surface area contributed by atoms with Crippen LogP contribution in [0.15, 0.2) is 118 Å². The number of likely N-dealkylation sites (N-methyl/N-ethyl adjacent to an activating group) is 1. The second-order valence-electron chi connectivity index (χ2n) is 12.6. The van der Waals surface area contributed by atoms with E-state index >= 15 is 0 Å². The first-order valence-electron chi connectivity index (χ1n) is 17.9. The number of ether oxygens (including phenoxy) is 2. The smallest absolute Gasteiger partial charge is 0.410 e. The van der Waals surface area contributed by atoms with Crippen molar-refractivity contribution >= 4 is 55.7 Å². The molecule has 4 aromatic rings. The number of hydrogen-bond donors (Lipinski definition) is 0. The zero-order valence-corrected chi connectivity index (χ0v) is 34.4. The summed E-state index contributed by atoms with van der Waals surface area (Å²) >= 11 is 6.67. The average Bonchev–Trinajstić information content (AvgIpc) is 3.94. The molecule has 290 valence electrons. The number of halogens is 2. The Kier molecular flexibility index (Phi) is 17.7. The standard InChI is InChI=1S/C21H18BrNO3.C15H20N2O4.C8H5Br/c22-18-11-8-16(9-12-18)10-13-20(24)19-7-4-14-23(19)21(25)26-15-17-5-2-1-3-6-17;1-16(20-2)14(18)13-9-6-10-17(13)15(19)21-11-12-7-4-3-5-8-12;1-2-7-3-5-8(9)6-4-7/h1-3,5-6,8-9,11-12,19H,4,7,14-15H2;3-5,7-8,13H,6,9-11H2,1-2H3;1,3-6H/t19-;13-;/m00./s1. The van der Waals surface area contributed by atoms with Crippen molar-refractivity contribution < 1.29 is 33.5 Å². The molecule has 0 radical (unpaired) electrons. The number of rotatable bonds is 7. The first kappa shape index (κ1) is 43.3. The van der Waals surface area contributed by atoms with Crippen LogP contribution in [0.1, 0.15) is 47.9 Å². The van der Waals surface area contributed by atoms with Crippen molar-refractivity contribution in [1.29, 1.82) is 0 Å². The summed E-state index contributed by atoms with van der Waals surface area (Å²) in [7, 11) is 2.96. The van der Waals surface area contributed by atoms with E-state index in [4.69, 9.17) is 20.7 Å². The van der Waals surface area contributed by atoms with Gasteiger partial charge in [-0.2, -0.15) is 0 Å². The van der Waals surface area contributed by atoms with Gasteiger partial charge in [0.15, 0.2) is 0 Å². The number of carbonyl (C=O) groups is 4. The van der Waals surface area contributed by atoms with Gasteiger partial charge in [0.2, 0.25) is 5.78 Å². The molecule has 12 heteroatoms. The fourth-order valence-electron chi connectivity index (χ4n) is 5.70. The maximum absolute atomic E-state index is 12.4. The monoisotopic (exact) mass is 883 g/mol. The Morgan fingerprint density at radius 3 is 1.61 bits per heavy atom. The third-order valence-corrected chi connectivity index (χ3v) is 9.80. The molecule has 4 aromatic carbocycles. The van der Waals surface area contributed by atoms with Crippen LogP contribution in [0, 0.1) is 24.2 Å².